The van der Waals surface area contributed by atoms with Gasteiger partial charge in [-0.25, -0.2) is 0 Å². The van der Waals surface area contributed by atoms with Gasteiger partial charge in [-0.2, -0.15) is 0 Å². The summed E-state index contributed by atoms with van der Waals surface area (Å²) in [5.41, 5.74) is 4.04. The molecule has 0 bridgehead atoms. The topological polar surface area (TPSA) is 76.7 Å². The van der Waals surface area contributed by atoms with E-state index in [1.165, 1.54) is 7.11 Å². The number of carbonyl (C=O) groups is 2. The first-order chi connectivity index (χ1) is 15.4. The van der Waals surface area contributed by atoms with Gasteiger partial charge < -0.3 is 20.1 Å². The van der Waals surface area contributed by atoms with Crippen LogP contribution < -0.4 is 20.1 Å². The molecule has 0 aliphatic carbocycles. The molecule has 6 heteroatoms. The third kappa shape index (κ3) is 5.55. The van der Waals surface area contributed by atoms with Crippen LogP contribution in [0.3, 0.4) is 0 Å². The van der Waals surface area contributed by atoms with Crippen molar-refractivity contribution < 1.29 is 19.1 Å². The van der Waals surface area contributed by atoms with E-state index in [9.17, 15) is 9.59 Å². The second-order valence-electron chi connectivity index (χ2n) is 7.25. The Morgan fingerprint density at radius 1 is 0.812 bits per heavy atom. The van der Waals surface area contributed by atoms with Crippen LogP contribution in [0.5, 0.6) is 11.5 Å². The zero-order chi connectivity index (χ0) is 23.1. The van der Waals surface area contributed by atoms with E-state index in [1.807, 2.05) is 38.1 Å². The number of amides is 2. The zero-order valence-corrected chi connectivity index (χ0v) is 18.6. The number of hydrogen-bond acceptors (Lipinski definition) is 4. The maximum absolute atomic E-state index is 13.1. The number of benzene rings is 3. The number of hydrogen-bond donors (Lipinski definition) is 2. The summed E-state index contributed by atoms with van der Waals surface area (Å²) in [6, 6.07) is 19.6. The van der Waals surface area contributed by atoms with Crippen LogP contribution in [0.1, 0.15) is 27.0 Å². The van der Waals surface area contributed by atoms with Gasteiger partial charge >= 0.3 is 0 Å². The molecule has 2 N–H and O–H groups in total. The molecule has 6 nitrogen and oxygen atoms in total. The normalized spacial score (nSPS) is 10.9. The minimum Gasteiger partial charge on any atom is -0.493 e. The van der Waals surface area contributed by atoms with E-state index >= 15 is 0 Å². The predicted molar refractivity (Wildman–Crippen MR) is 126 cm³/mol. The molecule has 0 unspecified atom stereocenters. The third-order valence-electron chi connectivity index (χ3n) is 5.01. The first-order valence-electron chi connectivity index (χ1n) is 10.1. The summed E-state index contributed by atoms with van der Waals surface area (Å²) in [6.45, 7) is 3.98. The van der Waals surface area contributed by atoms with Gasteiger partial charge in [-0.05, 0) is 73.0 Å². The maximum atomic E-state index is 13.1. The second-order valence-corrected chi connectivity index (χ2v) is 7.25. The van der Waals surface area contributed by atoms with Gasteiger partial charge in [-0.1, -0.05) is 30.3 Å². The summed E-state index contributed by atoms with van der Waals surface area (Å²) in [7, 11) is 3.09. The molecule has 3 aromatic carbocycles. The van der Waals surface area contributed by atoms with E-state index in [0.29, 0.717) is 28.3 Å². The van der Waals surface area contributed by atoms with Gasteiger partial charge in [0.2, 0.25) is 0 Å². The van der Waals surface area contributed by atoms with E-state index in [2.05, 4.69) is 10.6 Å². The van der Waals surface area contributed by atoms with Crippen LogP contribution in [0.4, 0.5) is 5.69 Å². The first kappa shape index (κ1) is 22.6. The Labute approximate surface area is 187 Å². The molecule has 164 valence electrons. The van der Waals surface area contributed by atoms with Crippen molar-refractivity contribution >= 4 is 23.6 Å². The lowest BCUT2D eigenvalue weighted by atomic mass is 10.1. The highest BCUT2D eigenvalue weighted by atomic mass is 16.5. The quantitative estimate of drug-likeness (QED) is 0.531. The molecule has 0 aromatic heterocycles. The van der Waals surface area contributed by atoms with E-state index in [0.717, 1.165) is 11.1 Å². The van der Waals surface area contributed by atoms with Crippen LogP contribution >= 0.6 is 0 Å². The van der Waals surface area contributed by atoms with E-state index < -0.39 is 5.91 Å². The smallest absolute Gasteiger partial charge is 0.272 e. The Balaban J connectivity index is 1.94. The van der Waals surface area contributed by atoms with Crippen LogP contribution in [-0.2, 0) is 4.79 Å². The molecule has 0 aliphatic rings. The third-order valence-corrected chi connectivity index (χ3v) is 5.01. The molecule has 0 radical (unpaired) electrons. The monoisotopic (exact) mass is 430 g/mol. The van der Waals surface area contributed by atoms with E-state index in [4.69, 9.17) is 9.47 Å². The molecule has 0 aliphatic heterocycles. The number of anilines is 1. The van der Waals surface area contributed by atoms with Crippen LogP contribution in [0.2, 0.25) is 0 Å². The number of carbonyl (C=O) groups excluding carboxylic acids is 2. The summed E-state index contributed by atoms with van der Waals surface area (Å²) in [4.78, 5) is 25.9. The molecule has 0 atom stereocenters. The highest BCUT2D eigenvalue weighted by molar-refractivity contribution is 6.10. The van der Waals surface area contributed by atoms with Gasteiger partial charge in [-0.15, -0.1) is 0 Å². The Morgan fingerprint density at radius 3 is 2.19 bits per heavy atom. The standard InChI is InChI=1S/C26H26N2O4/c1-17-10-12-21(14-18(17)2)27-26(30)22(28-25(29)20-8-6-5-7-9-20)15-19-11-13-23(31-3)24(16-19)32-4/h5-16H,1-4H3,(H,27,30)(H,28,29). The number of rotatable bonds is 7. The number of nitrogens with one attached hydrogen (secondary N) is 2. The molecule has 3 rings (SSSR count). The first-order valence-corrected chi connectivity index (χ1v) is 10.1. The molecule has 2 amide bonds. The second kappa shape index (κ2) is 10.3. The van der Waals surface area contributed by atoms with Crippen LogP contribution in [0.25, 0.3) is 6.08 Å². The average molecular weight is 431 g/mol. The summed E-state index contributed by atoms with van der Waals surface area (Å²) < 4.78 is 10.6. The van der Waals surface area contributed by atoms with Crippen molar-refractivity contribution in [3.8, 4) is 11.5 Å². The summed E-state index contributed by atoms with van der Waals surface area (Å²) >= 11 is 0. The van der Waals surface area contributed by atoms with Gasteiger partial charge in [0, 0.05) is 11.3 Å². The van der Waals surface area contributed by atoms with Crippen molar-refractivity contribution in [2.75, 3.05) is 19.5 Å². The maximum Gasteiger partial charge on any atom is 0.272 e. The molecular formula is C26H26N2O4. The predicted octanol–water partition coefficient (Wildman–Crippen LogP) is 4.73. The fourth-order valence-electron chi connectivity index (χ4n) is 3.07. The summed E-state index contributed by atoms with van der Waals surface area (Å²) in [6.07, 6.45) is 1.60. The lowest BCUT2D eigenvalue weighted by Crippen LogP contribution is -2.30. The van der Waals surface area contributed by atoms with Gasteiger partial charge in [0.15, 0.2) is 11.5 Å². The molecule has 0 spiro atoms. The average Bonchev–Trinajstić information content (AvgIpc) is 2.81. The molecule has 0 saturated heterocycles. The van der Waals surface area contributed by atoms with Crippen molar-refractivity contribution in [3.05, 3.63) is 94.7 Å². The van der Waals surface area contributed by atoms with E-state index in [1.54, 1.807) is 55.7 Å². The SMILES string of the molecule is COc1ccc(C=C(NC(=O)c2ccccc2)C(=O)Nc2ccc(C)c(C)c2)cc1OC. The number of methoxy groups -OCH3 is 2. The van der Waals surface area contributed by atoms with Gasteiger partial charge in [-0.3, -0.25) is 9.59 Å². The van der Waals surface area contributed by atoms with Crippen LogP contribution in [0, 0.1) is 13.8 Å². The van der Waals surface area contributed by atoms with Gasteiger partial charge in [0.05, 0.1) is 14.2 Å². The zero-order valence-electron chi connectivity index (χ0n) is 18.6. The fraction of sp³-hybridized carbons (Fsp3) is 0.154. The Morgan fingerprint density at radius 2 is 1.53 bits per heavy atom. The van der Waals surface area contributed by atoms with Crippen LogP contribution in [0.15, 0.2) is 72.4 Å². The largest absolute Gasteiger partial charge is 0.493 e. The Bertz CT molecular complexity index is 1150. The Hall–Kier alpha value is -4.06. The molecular weight excluding hydrogens is 404 g/mol. The number of ether oxygens (including phenoxy) is 2. The fourth-order valence-corrected chi connectivity index (χ4v) is 3.07. The van der Waals surface area contributed by atoms with Crippen molar-refractivity contribution in [2.45, 2.75) is 13.8 Å². The summed E-state index contributed by atoms with van der Waals surface area (Å²) in [5, 5.41) is 5.59. The van der Waals surface area contributed by atoms with E-state index in [-0.39, 0.29) is 11.6 Å². The lowest BCUT2D eigenvalue weighted by molar-refractivity contribution is -0.113. The van der Waals surface area contributed by atoms with Crippen LogP contribution in [-0.4, -0.2) is 26.0 Å². The Kier molecular flexibility index (Phi) is 7.29. The minimum absolute atomic E-state index is 0.101. The summed E-state index contributed by atoms with van der Waals surface area (Å²) in [5.74, 6) is 0.267. The molecule has 0 fully saturated rings. The minimum atomic E-state index is -0.438. The van der Waals surface area contributed by atoms with Crippen molar-refractivity contribution in [2.24, 2.45) is 0 Å². The molecule has 32 heavy (non-hydrogen) atoms. The molecule has 3 aromatic rings. The highest BCUT2D eigenvalue weighted by Gasteiger charge is 2.16. The highest BCUT2D eigenvalue weighted by Crippen LogP contribution is 2.28. The lowest BCUT2D eigenvalue weighted by Gasteiger charge is -2.13. The number of aryl methyl sites for hydroxylation is 2. The molecule has 0 heterocycles. The van der Waals surface area contributed by atoms with Crippen molar-refractivity contribution in [3.63, 3.8) is 0 Å². The van der Waals surface area contributed by atoms with Crippen molar-refractivity contribution in [1.82, 2.24) is 5.32 Å². The van der Waals surface area contributed by atoms with Gasteiger partial charge in [0.1, 0.15) is 5.70 Å². The van der Waals surface area contributed by atoms with Crippen molar-refractivity contribution in [1.29, 1.82) is 0 Å². The molecule has 0 saturated carbocycles. The van der Waals surface area contributed by atoms with Gasteiger partial charge in [0.25, 0.3) is 11.8 Å².